The van der Waals surface area contributed by atoms with Crippen LogP contribution in [0.3, 0.4) is 0 Å². The molecule has 0 saturated heterocycles. The Morgan fingerprint density at radius 1 is 1.53 bits per heavy atom. The second kappa shape index (κ2) is 5.09. The summed E-state index contributed by atoms with van der Waals surface area (Å²) in [4.78, 5) is 4.14. The number of thiazole rings is 1. The standard InChI is InChI=1S/C7H6ClF4NOS/c8-6-13-1-4(15-6)2-14-3-7(11,12)5(9)10/h1,5H,2-3H2. The first kappa shape index (κ1) is 12.7. The molecule has 86 valence electrons. The first-order chi connectivity index (χ1) is 6.92. The van der Waals surface area contributed by atoms with E-state index in [-0.39, 0.29) is 11.1 Å². The van der Waals surface area contributed by atoms with Crippen LogP contribution in [0.1, 0.15) is 4.88 Å². The summed E-state index contributed by atoms with van der Waals surface area (Å²) in [7, 11) is 0. The number of rotatable bonds is 5. The van der Waals surface area contributed by atoms with Crippen LogP contribution in [-0.2, 0) is 11.3 Å². The van der Waals surface area contributed by atoms with Crippen molar-refractivity contribution in [3.63, 3.8) is 0 Å². The van der Waals surface area contributed by atoms with Gasteiger partial charge in [0, 0.05) is 6.20 Å². The molecule has 1 rings (SSSR count). The van der Waals surface area contributed by atoms with Crippen molar-refractivity contribution in [3.05, 3.63) is 15.5 Å². The van der Waals surface area contributed by atoms with Gasteiger partial charge in [0.25, 0.3) is 0 Å². The largest absolute Gasteiger partial charge is 0.369 e. The Morgan fingerprint density at radius 2 is 2.20 bits per heavy atom. The number of hydrogen-bond donors (Lipinski definition) is 0. The van der Waals surface area contributed by atoms with Gasteiger partial charge in [-0.1, -0.05) is 11.6 Å². The lowest BCUT2D eigenvalue weighted by molar-refractivity contribution is -0.168. The molecule has 15 heavy (non-hydrogen) atoms. The lowest BCUT2D eigenvalue weighted by atomic mass is 10.4. The molecule has 0 spiro atoms. The van der Waals surface area contributed by atoms with Gasteiger partial charge in [-0.2, -0.15) is 8.78 Å². The minimum atomic E-state index is -4.12. The molecule has 1 aromatic heterocycles. The third-order valence-corrected chi connectivity index (χ3v) is 2.47. The molecule has 2 nitrogen and oxygen atoms in total. The summed E-state index contributed by atoms with van der Waals surface area (Å²) >= 11 is 6.51. The molecule has 0 unspecified atom stereocenters. The van der Waals surface area contributed by atoms with Gasteiger partial charge in [0.1, 0.15) is 6.61 Å². The highest BCUT2D eigenvalue weighted by atomic mass is 35.5. The van der Waals surface area contributed by atoms with E-state index in [0.717, 1.165) is 11.3 Å². The number of halogens is 5. The molecular weight excluding hydrogens is 258 g/mol. The normalized spacial score (nSPS) is 12.4. The van der Waals surface area contributed by atoms with Crippen LogP contribution in [0.5, 0.6) is 0 Å². The van der Waals surface area contributed by atoms with Gasteiger partial charge in [0.2, 0.25) is 0 Å². The number of aromatic nitrogens is 1. The monoisotopic (exact) mass is 263 g/mol. The van der Waals surface area contributed by atoms with Crippen molar-refractivity contribution in [1.82, 2.24) is 4.98 Å². The van der Waals surface area contributed by atoms with Crippen LogP contribution in [0.4, 0.5) is 17.6 Å². The highest BCUT2D eigenvalue weighted by Crippen LogP contribution is 2.24. The summed E-state index contributed by atoms with van der Waals surface area (Å²) in [6.07, 6.45) is -2.38. The van der Waals surface area contributed by atoms with E-state index in [2.05, 4.69) is 9.72 Å². The molecule has 0 aliphatic rings. The zero-order chi connectivity index (χ0) is 11.5. The van der Waals surface area contributed by atoms with Crippen LogP contribution >= 0.6 is 22.9 Å². The maximum absolute atomic E-state index is 12.3. The van der Waals surface area contributed by atoms with E-state index in [0.29, 0.717) is 4.88 Å². The Kier molecular flexibility index (Phi) is 4.30. The lowest BCUT2D eigenvalue weighted by Gasteiger charge is -2.14. The summed E-state index contributed by atoms with van der Waals surface area (Å²) < 4.78 is 52.7. The van der Waals surface area contributed by atoms with Crippen molar-refractivity contribution in [1.29, 1.82) is 0 Å². The summed E-state index contributed by atoms with van der Waals surface area (Å²) in [5.74, 6) is -4.12. The fourth-order valence-corrected chi connectivity index (χ4v) is 1.62. The molecule has 0 aliphatic carbocycles. The first-order valence-corrected chi connectivity index (χ1v) is 4.95. The van der Waals surface area contributed by atoms with Crippen LogP contribution in [0.15, 0.2) is 6.20 Å². The highest BCUT2D eigenvalue weighted by molar-refractivity contribution is 7.15. The first-order valence-electron chi connectivity index (χ1n) is 3.76. The van der Waals surface area contributed by atoms with Crippen molar-refractivity contribution >= 4 is 22.9 Å². The fraction of sp³-hybridized carbons (Fsp3) is 0.571. The molecule has 1 heterocycles. The van der Waals surface area contributed by atoms with E-state index in [1.54, 1.807) is 0 Å². The molecule has 1 aromatic rings. The number of nitrogens with zero attached hydrogens (tertiary/aromatic N) is 1. The Labute approximate surface area is 91.8 Å². The quantitative estimate of drug-likeness (QED) is 0.761. The van der Waals surface area contributed by atoms with Crippen LogP contribution in [0.25, 0.3) is 0 Å². The predicted octanol–water partition coefficient (Wildman–Crippen LogP) is 3.21. The molecule has 0 atom stereocenters. The van der Waals surface area contributed by atoms with Gasteiger partial charge < -0.3 is 4.74 Å². The minimum Gasteiger partial charge on any atom is -0.369 e. The second-order valence-corrected chi connectivity index (χ2v) is 4.33. The Hall–Kier alpha value is -0.400. The Bertz CT molecular complexity index is 320. The van der Waals surface area contributed by atoms with E-state index in [1.165, 1.54) is 6.20 Å². The van der Waals surface area contributed by atoms with Crippen molar-refractivity contribution in [2.45, 2.75) is 19.0 Å². The zero-order valence-corrected chi connectivity index (χ0v) is 8.79. The average Bonchev–Trinajstić information content (AvgIpc) is 2.51. The van der Waals surface area contributed by atoms with Crippen LogP contribution < -0.4 is 0 Å². The van der Waals surface area contributed by atoms with E-state index in [9.17, 15) is 17.6 Å². The van der Waals surface area contributed by atoms with E-state index in [4.69, 9.17) is 11.6 Å². The molecule has 0 N–H and O–H groups in total. The van der Waals surface area contributed by atoms with Gasteiger partial charge in [-0.3, -0.25) is 0 Å². The Morgan fingerprint density at radius 3 is 2.67 bits per heavy atom. The molecule has 0 amide bonds. The maximum atomic E-state index is 12.3. The van der Waals surface area contributed by atoms with E-state index in [1.807, 2.05) is 0 Å². The van der Waals surface area contributed by atoms with Crippen LogP contribution in [-0.4, -0.2) is 23.9 Å². The van der Waals surface area contributed by atoms with Crippen LogP contribution in [0.2, 0.25) is 4.47 Å². The van der Waals surface area contributed by atoms with Gasteiger partial charge in [-0.25, -0.2) is 13.8 Å². The van der Waals surface area contributed by atoms with Crippen LogP contribution in [0, 0.1) is 0 Å². The lowest BCUT2D eigenvalue weighted by Crippen LogP contribution is -2.32. The maximum Gasteiger partial charge on any atom is 0.330 e. The van der Waals surface area contributed by atoms with Crippen molar-refractivity contribution in [3.8, 4) is 0 Å². The summed E-state index contributed by atoms with van der Waals surface area (Å²) in [5.41, 5.74) is 0. The third kappa shape index (κ3) is 3.92. The van der Waals surface area contributed by atoms with Gasteiger partial charge in [0.05, 0.1) is 11.5 Å². The third-order valence-electron chi connectivity index (χ3n) is 1.38. The number of ether oxygens (including phenoxy) is 1. The molecular formula is C7H6ClF4NOS. The molecule has 0 aliphatic heterocycles. The minimum absolute atomic E-state index is 0.202. The fourth-order valence-electron chi connectivity index (χ4n) is 0.701. The predicted molar refractivity (Wildman–Crippen MR) is 47.7 cm³/mol. The van der Waals surface area contributed by atoms with Gasteiger partial charge in [-0.05, 0) is 0 Å². The van der Waals surface area contributed by atoms with E-state index < -0.39 is 19.0 Å². The smallest absolute Gasteiger partial charge is 0.330 e. The number of alkyl halides is 4. The second-order valence-electron chi connectivity index (χ2n) is 2.63. The van der Waals surface area contributed by atoms with Gasteiger partial charge in [0.15, 0.2) is 4.47 Å². The summed E-state index contributed by atoms with van der Waals surface area (Å²) in [5, 5.41) is 0. The summed E-state index contributed by atoms with van der Waals surface area (Å²) in [6, 6.07) is 0. The Balaban J connectivity index is 2.33. The van der Waals surface area contributed by atoms with Crippen molar-refractivity contribution < 1.29 is 22.3 Å². The molecule has 0 radical (unpaired) electrons. The van der Waals surface area contributed by atoms with Crippen molar-refractivity contribution in [2.75, 3.05) is 6.61 Å². The molecule has 0 fully saturated rings. The molecule has 0 aromatic carbocycles. The topological polar surface area (TPSA) is 22.1 Å². The molecule has 0 saturated carbocycles. The van der Waals surface area contributed by atoms with Gasteiger partial charge in [-0.15, -0.1) is 11.3 Å². The molecule has 0 bridgehead atoms. The molecule has 8 heteroatoms. The SMILES string of the molecule is FC(F)C(F)(F)COCc1cnc(Cl)s1. The average molecular weight is 264 g/mol. The summed E-state index contributed by atoms with van der Waals surface area (Å²) in [6.45, 7) is -1.52. The van der Waals surface area contributed by atoms with Crippen molar-refractivity contribution in [2.24, 2.45) is 0 Å². The van der Waals surface area contributed by atoms with E-state index >= 15 is 0 Å². The number of hydrogen-bond acceptors (Lipinski definition) is 3. The zero-order valence-electron chi connectivity index (χ0n) is 7.22. The highest BCUT2D eigenvalue weighted by Gasteiger charge is 2.40. The van der Waals surface area contributed by atoms with Gasteiger partial charge >= 0.3 is 12.3 Å².